The minimum Gasteiger partial charge on any atom is -0.478 e. The fraction of sp³-hybridized carbons (Fsp3) is 0.160. The quantitative estimate of drug-likeness (QED) is 0.377. The topological polar surface area (TPSA) is 116 Å². The number of hydrazone groups is 1. The Morgan fingerprint density at radius 1 is 0.941 bits per heavy atom. The molecule has 0 saturated carbocycles. The Balaban J connectivity index is 1.67. The van der Waals surface area contributed by atoms with Crippen molar-refractivity contribution >= 4 is 33.8 Å². The van der Waals surface area contributed by atoms with Crippen LogP contribution in [0.1, 0.15) is 43.0 Å². The van der Waals surface area contributed by atoms with Gasteiger partial charge in [-0.15, -0.1) is 0 Å². The van der Waals surface area contributed by atoms with E-state index in [0.29, 0.717) is 16.8 Å². The maximum Gasteiger partial charge on any atom is 0.335 e. The molecule has 1 amide bonds. The summed E-state index contributed by atoms with van der Waals surface area (Å²) in [5.74, 6) is -1.45. The van der Waals surface area contributed by atoms with Crippen LogP contribution in [-0.2, 0) is 16.6 Å². The lowest BCUT2D eigenvalue weighted by Gasteiger charge is -2.23. The van der Waals surface area contributed by atoms with Gasteiger partial charge in [0.2, 0.25) is 10.0 Å². The first-order valence-corrected chi connectivity index (χ1v) is 12.2. The molecule has 0 aromatic heterocycles. The van der Waals surface area contributed by atoms with E-state index in [2.05, 4.69) is 10.5 Å². The highest BCUT2D eigenvalue weighted by Gasteiger charge is 2.18. The van der Waals surface area contributed by atoms with Gasteiger partial charge in [-0.3, -0.25) is 9.10 Å². The summed E-state index contributed by atoms with van der Waals surface area (Å²) in [6.45, 7) is 4.03. The molecule has 0 fully saturated rings. The number of anilines is 1. The summed E-state index contributed by atoms with van der Waals surface area (Å²) in [5.41, 5.74) is 6.95. The lowest BCUT2D eigenvalue weighted by atomic mass is 10.1. The summed E-state index contributed by atoms with van der Waals surface area (Å²) in [6, 6.07) is 18.1. The number of hydrogen-bond donors (Lipinski definition) is 2. The van der Waals surface area contributed by atoms with Crippen molar-refractivity contribution in [2.24, 2.45) is 5.10 Å². The molecule has 0 aliphatic carbocycles. The maximum absolute atomic E-state index is 12.4. The van der Waals surface area contributed by atoms with Gasteiger partial charge in [0.05, 0.1) is 30.3 Å². The first-order valence-electron chi connectivity index (χ1n) is 10.4. The number of aromatic carboxylic acids is 1. The molecule has 0 bridgehead atoms. The van der Waals surface area contributed by atoms with Gasteiger partial charge in [-0.2, -0.15) is 5.10 Å². The average molecular weight is 480 g/mol. The van der Waals surface area contributed by atoms with Crippen LogP contribution >= 0.6 is 0 Å². The summed E-state index contributed by atoms with van der Waals surface area (Å²) in [5, 5.41) is 12.8. The summed E-state index contributed by atoms with van der Waals surface area (Å²) in [7, 11) is -3.52. The third-order valence-electron chi connectivity index (χ3n) is 5.26. The summed E-state index contributed by atoms with van der Waals surface area (Å²) >= 11 is 0. The van der Waals surface area contributed by atoms with Crippen molar-refractivity contribution in [3.05, 3.63) is 100 Å². The Bertz CT molecular complexity index is 1330. The van der Waals surface area contributed by atoms with Gasteiger partial charge in [0.1, 0.15) is 0 Å². The maximum atomic E-state index is 12.4. The Labute approximate surface area is 198 Å². The summed E-state index contributed by atoms with van der Waals surface area (Å²) in [4.78, 5) is 23.2. The van der Waals surface area contributed by atoms with Crippen LogP contribution in [0.5, 0.6) is 0 Å². The average Bonchev–Trinajstić information content (AvgIpc) is 2.79. The van der Waals surface area contributed by atoms with Gasteiger partial charge < -0.3 is 5.11 Å². The second-order valence-electron chi connectivity index (χ2n) is 7.86. The van der Waals surface area contributed by atoms with Crippen molar-refractivity contribution in [3.8, 4) is 0 Å². The predicted octanol–water partition coefficient (Wildman–Crippen LogP) is 3.73. The van der Waals surface area contributed by atoms with Gasteiger partial charge in [-0.05, 0) is 72.5 Å². The van der Waals surface area contributed by atoms with Crippen molar-refractivity contribution in [2.45, 2.75) is 20.4 Å². The van der Waals surface area contributed by atoms with E-state index in [0.717, 1.165) is 22.9 Å². The zero-order chi connectivity index (χ0) is 24.9. The molecule has 3 aromatic rings. The number of amides is 1. The molecule has 2 N–H and O–H groups in total. The van der Waals surface area contributed by atoms with Gasteiger partial charge in [0, 0.05) is 5.56 Å². The highest BCUT2D eigenvalue weighted by molar-refractivity contribution is 7.92. The number of nitrogens with zero attached hydrogens (tertiary/aromatic N) is 2. The Hall–Kier alpha value is -3.98. The van der Waals surface area contributed by atoms with E-state index in [1.807, 2.05) is 26.0 Å². The summed E-state index contributed by atoms with van der Waals surface area (Å²) in [6.07, 6.45) is 2.57. The molecule has 0 heterocycles. The normalized spacial score (nSPS) is 11.4. The van der Waals surface area contributed by atoms with Crippen molar-refractivity contribution in [1.29, 1.82) is 0 Å². The monoisotopic (exact) mass is 479 g/mol. The molecule has 34 heavy (non-hydrogen) atoms. The molecule has 176 valence electrons. The number of benzene rings is 3. The highest BCUT2D eigenvalue weighted by Crippen LogP contribution is 2.23. The second kappa shape index (κ2) is 10.3. The number of carboxylic acids is 1. The van der Waals surface area contributed by atoms with Gasteiger partial charge in [0.15, 0.2) is 0 Å². The van der Waals surface area contributed by atoms with Crippen molar-refractivity contribution in [2.75, 3.05) is 10.6 Å². The molecule has 0 spiro atoms. The van der Waals surface area contributed by atoms with Gasteiger partial charge >= 0.3 is 5.97 Å². The number of nitrogens with one attached hydrogen (secondary N) is 1. The number of sulfonamides is 1. The molecule has 8 nitrogen and oxygen atoms in total. The zero-order valence-electron chi connectivity index (χ0n) is 19.0. The van der Waals surface area contributed by atoms with Crippen molar-refractivity contribution in [3.63, 3.8) is 0 Å². The largest absolute Gasteiger partial charge is 0.478 e. The first-order chi connectivity index (χ1) is 16.0. The minimum absolute atomic E-state index is 0.133. The highest BCUT2D eigenvalue weighted by atomic mass is 32.2. The van der Waals surface area contributed by atoms with Crippen LogP contribution in [0.3, 0.4) is 0 Å². The van der Waals surface area contributed by atoms with E-state index >= 15 is 0 Å². The van der Waals surface area contributed by atoms with Crippen LogP contribution in [-0.4, -0.2) is 37.9 Å². The third kappa shape index (κ3) is 6.29. The standard InChI is InChI=1S/C25H25N3O5S/c1-17-4-13-23(14-18(17)2)28(34(3,32)33)16-20-7-9-21(10-8-20)24(29)27-26-15-19-5-11-22(12-6-19)25(30)31/h4-15H,16H2,1-3H3,(H,27,29)(H,30,31)/b26-15-. The molecule has 0 saturated heterocycles. The molecule has 3 aromatic carbocycles. The van der Waals surface area contributed by atoms with Crippen LogP contribution in [0, 0.1) is 13.8 Å². The second-order valence-corrected chi connectivity index (χ2v) is 9.77. The lowest BCUT2D eigenvalue weighted by molar-refractivity contribution is 0.0696. The first kappa shape index (κ1) is 24.7. The van der Waals surface area contributed by atoms with Crippen LogP contribution in [0.15, 0.2) is 71.8 Å². The number of rotatable bonds is 8. The van der Waals surface area contributed by atoms with Crippen LogP contribution in [0.25, 0.3) is 0 Å². The Morgan fingerprint density at radius 3 is 2.12 bits per heavy atom. The molecular weight excluding hydrogens is 454 g/mol. The number of carbonyl (C=O) groups excluding carboxylic acids is 1. The molecule has 0 atom stereocenters. The van der Waals surface area contributed by atoms with Crippen LogP contribution in [0.4, 0.5) is 5.69 Å². The predicted molar refractivity (Wildman–Crippen MR) is 132 cm³/mol. The van der Waals surface area contributed by atoms with Crippen molar-refractivity contribution < 1.29 is 23.1 Å². The number of carbonyl (C=O) groups is 2. The molecule has 0 aliphatic heterocycles. The van der Waals surface area contributed by atoms with Crippen LogP contribution in [0.2, 0.25) is 0 Å². The van der Waals surface area contributed by atoms with Gasteiger partial charge in [-0.25, -0.2) is 18.6 Å². The Morgan fingerprint density at radius 2 is 1.56 bits per heavy atom. The van der Waals surface area contributed by atoms with E-state index in [1.54, 1.807) is 42.5 Å². The molecule has 0 aliphatic rings. The van der Waals surface area contributed by atoms with E-state index in [1.165, 1.54) is 22.7 Å². The smallest absolute Gasteiger partial charge is 0.335 e. The lowest BCUT2D eigenvalue weighted by Crippen LogP contribution is -2.29. The minimum atomic E-state index is -3.52. The molecule has 9 heteroatoms. The van der Waals surface area contributed by atoms with E-state index in [-0.39, 0.29) is 12.1 Å². The zero-order valence-corrected chi connectivity index (χ0v) is 19.8. The molecular formula is C25H25N3O5S. The molecule has 0 unspecified atom stereocenters. The van der Waals surface area contributed by atoms with Crippen molar-refractivity contribution in [1.82, 2.24) is 5.43 Å². The fourth-order valence-electron chi connectivity index (χ4n) is 3.15. The van der Waals surface area contributed by atoms with Crippen LogP contribution < -0.4 is 9.73 Å². The fourth-order valence-corrected chi connectivity index (χ4v) is 4.03. The van der Waals surface area contributed by atoms with Gasteiger partial charge in [-0.1, -0.05) is 30.3 Å². The number of hydrogen-bond acceptors (Lipinski definition) is 5. The molecule has 0 radical (unpaired) electrons. The number of carboxylic acid groups (broad SMARTS) is 1. The summed E-state index contributed by atoms with van der Waals surface area (Å²) < 4.78 is 26.2. The van der Waals surface area contributed by atoms with E-state index in [4.69, 9.17) is 5.11 Å². The van der Waals surface area contributed by atoms with E-state index in [9.17, 15) is 18.0 Å². The SMILES string of the molecule is Cc1ccc(N(Cc2ccc(C(=O)N/N=C\c3ccc(C(=O)O)cc3)cc2)S(C)(=O)=O)cc1C. The molecule has 3 rings (SSSR count). The van der Waals surface area contributed by atoms with Gasteiger partial charge in [0.25, 0.3) is 5.91 Å². The third-order valence-corrected chi connectivity index (χ3v) is 6.40. The number of aryl methyl sites for hydroxylation is 2. The van der Waals surface area contributed by atoms with E-state index < -0.39 is 21.9 Å². The Kier molecular flexibility index (Phi) is 7.47.